The number of anilines is 2. The summed E-state index contributed by atoms with van der Waals surface area (Å²) >= 11 is 0. The third-order valence-corrected chi connectivity index (χ3v) is 8.38. The monoisotopic (exact) mass is 424 g/mol. The zero-order valence-electron chi connectivity index (χ0n) is 15.8. The number of amides is 1. The smallest absolute Gasteiger partial charge is 0.414 e. The van der Waals surface area contributed by atoms with Crippen LogP contribution in [0, 0.1) is 0 Å². The summed E-state index contributed by atoms with van der Waals surface area (Å²) < 4.78 is 56.7. The first-order chi connectivity index (χ1) is 12.9. The Hall–Kier alpha value is -2.59. The number of carbonyl (C=O) groups is 1. The first-order valence-electron chi connectivity index (χ1n) is 8.32. The Morgan fingerprint density at radius 2 is 1.36 bits per heavy atom. The van der Waals surface area contributed by atoms with Gasteiger partial charge in [-0.05, 0) is 57.2 Å². The number of hydrogen-bond donors (Lipinski definition) is 0. The van der Waals surface area contributed by atoms with E-state index in [-0.39, 0.29) is 15.5 Å². The van der Waals surface area contributed by atoms with Crippen molar-refractivity contribution < 1.29 is 26.4 Å². The van der Waals surface area contributed by atoms with Crippen LogP contribution in [0.1, 0.15) is 20.8 Å². The van der Waals surface area contributed by atoms with Gasteiger partial charge in [-0.3, -0.25) is 4.90 Å². The molecule has 0 aromatic heterocycles. The maximum absolute atomic E-state index is 12.7. The van der Waals surface area contributed by atoms with Gasteiger partial charge in [0.2, 0.25) is 0 Å². The van der Waals surface area contributed by atoms with Crippen molar-refractivity contribution in [2.24, 2.45) is 0 Å². The van der Waals surface area contributed by atoms with E-state index < -0.39 is 31.7 Å². The maximum atomic E-state index is 12.7. The summed E-state index contributed by atoms with van der Waals surface area (Å²) in [5.74, 6) is 0. The van der Waals surface area contributed by atoms with Crippen LogP contribution in [-0.4, -0.2) is 35.6 Å². The normalized spacial score (nSPS) is 17.1. The van der Waals surface area contributed by atoms with Gasteiger partial charge in [0.15, 0.2) is 0 Å². The van der Waals surface area contributed by atoms with Gasteiger partial charge in [-0.15, -0.1) is 0 Å². The number of hydrogen-bond acceptors (Lipinski definition) is 6. The van der Waals surface area contributed by atoms with Gasteiger partial charge in [-0.25, -0.2) is 4.79 Å². The fourth-order valence-corrected chi connectivity index (χ4v) is 7.14. The van der Waals surface area contributed by atoms with Crippen LogP contribution < -0.4 is 8.61 Å². The van der Waals surface area contributed by atoms with E-state index in [0.717, 1.165) is 0 Å². The van der Waals surface area contributed by atoms with E-state index in [4.69, 9.17) is 4.74 Å². The average Bonchev–Trinajstić information content (AvgIpc) is 2.76. The zero-order valence-corrected chi connectivity index (χ0v) is 17.4. The summed E-state index contributed by atoms with van der Waals surface area (Å²) in [5.41, 5.74) is -0.295. The summed E-state index contributed by atoms with van der Waals surface area (Å²) in [6.07, 6.45) is -0.589. The van der Waals surface area contributed by atoms with Gasteiger partial charge in [-0.1, -0.05) is 12.1 Å². The molecule has 0 N–H and O–H groups in total. The first kappa shape index (κ1) is 20.2. The van der Waals surface area contributed by atoms with Gasteiger partial charge in [0.25, 0.3) is 20.0 Å². The van der Waals surface area contributed by atoms with E-state index in [1.54, 1.807) is 20.8 Å². The van der Waals surface area contributed by atoms with E-state index in [1.807, 2.05) is 0 Å². The number of carbonyl (C=O) groups excluding carboxylic acids is 1. The van der Waals surface area contributed by atoms with Crippen molar-refractivity contribution >= 4 is 37.5 Å². The van der Waals surface area contributed by atoms with Crippen molar-refractivity contribution in [1.29, 1.82) is 0 Å². The van der Waals surface area contributed by atoms with E-state index >= 15 is 0 Å². The summed E-state index contributed by atoms with van der Waals surface area (Å²) in [6, 6.07) is 11.0. The lowest BCUT2D eigenvalue weighted by Gasteiger charge is -2.25. The summed E-state index contributed by atoms with van der Waals surface area (Å²) in [4.78, 5) is 12.9. The lowest BCUT2D eigenvalue weighted by molar-refractivity contribution is 0.0589. The Balaban J connectivity index is 1.96. The molecule has 3 rings (SSSR count). The SMILES string of the molecule is CN(C(=O)OC(C)(C)C)c1ccc(N2S(=O)(=O)c3ccccc3S2(=O)=O)cc1. The molecule has 1 aliphatic rings. The second-order valence-electron chi connectivity index (χ2n) is 7.21. The highest BCUT2D eigenvalue weighted by Crippen LogP contribution is 2.40. The minimum absolute atomic E-state index is 0.0439. The maximum Gasteiger partial charge on any atom is 0.414 e. The molecule has 2 aromatic carbocycles. The van der Waals surface area contributed by atoms with Crippen molar-refractivity contribution in [2.45, 2.75) is 36.2 Å². The number of nitrogens with zero attached hydrogens (tertiary/aromatic N) is 2. The fourth-order valence-electron chi connectivity index (χ4n) is 2.70. The summed E-state index contributed by atoms with van der Waals surface area (Å²) in [5, 5.41) is 0. The molecule has 0 saturated heterocycles. The van der Waals surface area contributed by atoms with Gasteiger partial charge < -0.3 is 4.74 Å². The third kappa shape index (κ3) is 3.33. The predicted molar refractivity (Wildman–Crippen MR) is 104 cm³/mol. The lowest BCUT2D eigenvalue weighted by Crippen LogP contribution is -2.34. The van der Waals surface area contributed by atoms with Gasteiger partial charge in [-0.2, -0.15) is 20.5 Å². The van der Waals surface area contributed by atoms with Crippen LogP contribution in [0.4, 0.5) is 16.2 Å². The summed E-state index contributed by atoms with van der Waals surface area (Å²) in [7, 11) is -6.98. The number of sulfonamides is 2. The number of fused-ring (bicyclic) bond motifs is 1. The number of ether oxygens (including phenoxy) is 1. The van der Waals surface area contributed by atoms with Crippen LogP contribution in [-0.2, 0) is 24.8 Å². The van der Waals surface area contributed by atoms with Gasteiger partial charge in [0, 0.05) is 12.7 Å². The highest BCUT2D eigenvalue weighted by Gasteiger charge is 2.47. The highest BCUT2D eigenvalue weighted by molar-refractivity contribution is 8.12. The predicted octanol–water partition coefficient (Wildman–Crippen LogP) is 2.96. The van der Waals surface area contributed by atoms with E-state index in [9.17, 15) is 21.6 Å². The standard InChI is InChI=1S/C18H20N2O6S2/c1-18(2,3)26-17(21)19(4)13-9-11-14(12-10-13)20-27(22,23)15-7-5-6-8-16(15)28(20,24)25/h5-12H,1-4H3. The Morgan fingerprint density at radius 3 is 1.79 bits per heavy atom. The molecule has 1 heterocycles. The second kappa shape index (κ2) is 6.49. The molecule has 2 aromatic rings. The molecule has 0 aliphatic carbocycles. The average molecular weight is 425 g/mol. The van der Waals surface area contributed by atoms with Crippen molar-refractivity contribution in [3.05, 3.63) is 48.5 Å². The fraction of sp³-hybridized carbons (Fsp3) is 0.278. The Kier molecular flexibility index (Phi) is 4.67. The first-order valence-corrected chi connectivity index (χ1v) is 11.2. The molecule has 0 bridgehead atoms. The Bertz CT molecular complexity index is 1080. The largest absolute Gasteiger partial charge is 0.443 e. The van der Waals surface area contributed by atoms with Crippen molar-refractivity contribution in [1.82, 2.24) is 0 Å². The summed E-state index contributed by atoms with van der Waals surface area (Å²) in [6.45, 7) is 5.22. The number of rotatable bonds is 2. The highest BCUT2D eigenvalue weighted by atomic mass is 32.3. The minimum atomic E-state index is -4.24. The molecule has 0 atom stereocenters. The molecule has 8 nitrogen and oxygen atoms in total. The quantitative estimate of drug-likeness (QED) is 0.735. The zero-order chi connectivity index (χ0) is 20.9. The molecule has 0 spiro atoms. The van der Waals surface area contributed by atoms with Gasteiger partial charge in [0.1, 0.15) is 15.4 Å². The molecule has 10 heteroatoms. The number of benzene rings is 2. The molecule has 0 radical (unpaired) electrons. The van der Waals surface area contributed by atoms with E-state index in [1.165, 1.54) is 60.5 Å². The van der Waals surface area contributed by atoms with Gasteiger partial charge in [0.05, 0.1) is 5.69 Å². The Labute approximate surface area is 164 Å². The van der Waals surface area contributed by atoms with Gasteiger partial charge >= 0.3 is 6.09 Å². The lowest BCUT2D eigenvalue weighted by atomic mass is 10.2. The van der Waals surface area contributed by atoms with Crippen LogP contribution in [0.5, 0.6) is 0 Å². The molecular formula is C18H20N2O6S2. The molecule has 1 amide bonds. The van der Waals surface area contributed by atoms with Crippen LogP contribution in [0.3, 0.4) is 0 Å². The Morgan fingerprint density at radius 1 is 0.893 bits per heavy atom. The molecular weight excluding hydrogens is 404 g/mol. The van der Waals surface area contributed by atoms with Crippen LogP contribution >= 0.6 is 0 Å². The van der Waals surface area contributed by atoms with E-state index in [0.29, 0.717) is 9.40 Å². The van der Waals surface area contributed by atoms with Crippen LogP contribution in [0.15, 0.2) is 58.3 Å². The van der Waals surface area contributed by atoms with Crippen LogP contribution in [0.25, 0.3) is 0 Å². The molecule has 0 fully saturated rings. The second-order valence-corrected chi connectivity index (χ2v) is 11.0. The molecule has 0 saturated carbocycles. The molecule has 1 aliphatic heterocycles. The van der Waals surface area contributed by atoms with Crippen molar-refractivity contribution in [3.8, 4) is 0 Å². The third-order valence-electron chi connectivity index (χ3n) is 3.96. The topological polar surface area (TPSA) is 101 Å². The van der Waals surface area contributed by atoms with E-state index in [2.05, 4.69) is 0 Å². The van der Waals surface area contributed by atoms with Crippen LogP contribution in [0.2, 0.25) is 0 Å². The van der Waals surface area contributed by atoms with Crippen molar-refractivity contribution in [3.63, 3.8) is 0 Å². The molecule has 28 heavy (non-hydrogen) atoms. The minimum Gasteiger partial charge on any atom is -0.443 e. The molecule has 150 valence electrons. The van der Waals surface area contributed by atoms with Crippen molar-refractivity contribution in [2.75, 3.05) is 15.7 Å². The molecule has 0 unspecified atom stereocenters.